The molecule has 0 unspecified atom stereocenters. The van der Waals surface area contributed by atoms with Crippen molar-refractivity contribution in [1.29, 1.82) is 0 Å². The van der Waals surface area contributed by atoms with Gasteiger partial charge in [-0.1, -0.05) is 29.3 Å². The van der Waals surface area contributed by atoms with E-state index >= 15 is 0 Å². The summed E-state index contributed by atoms with van der Waals surface area (Å²) < 4.78 is 11.2. The maximum absolute atomic E-state index is 12.2. The molecule has 1 aromatic carbocycles. The fourth-order valence-electron chi connectivity index (χ4n) is 2.05. The number of aromatic nitrogens is 1. The van der Waals surface area contributed by atoms with E-state index < -0.39 is 5.91 Å². The number of ether oxygens (including phenoxy) is 2. The first-order valence-electron chi connectivity index (χ1n) is 6.31. The number of rotatable bonds is 3. The highest BCUT2D eigenvalue weighted by Gasteiger charge is 2.20. The average Bonchev–Trinajstić information content (AvgIpc) is 2.91. The Bertz CT molecular complexity index is 729. The van der Waals surface area contributed by atoms with Gasteiger partial charge in [0.2, 0.25) is 19.2 Å². The Morgan fingerprint density at radius 3 is 2.64 bits per heavy atom. The van der Waals surface area contributed by atoms with Crippen LogP contribution in [0.3, 0.4) is 0 Å². The molecule has 1 aliphatic heterocycles. The Morgan fingerprint density at radius 1 is 1.23 bits per heavy atom. The van der Waals surface area contributed by atoms with E-state index in [0.29, 0.717) is 16.2 Å². The third-order valence-electron chi connectivity index (χ3n) is 3.09. The Morgan fingerprint density at radius 2 is 1.91 bits per heavy atom. The molecule has 2 heterocycles. The van der Waals surface area contributed by atoms with Gasteiger partial charge in [0, 0.05) is 11.3 Å². The van der Waals surface area contributed by atoms with Crippen molar-refractivity contribution >= 4 is 29.1 Å². The van der Waals surface area contributed by atoms with Gasteiger partial charge >= 0.3 is 0 Å². The summed E-state index contributed by atoms with van der Waals surface area (Å²) in [6.07, 6.45) is 2.37. The normalized spacial score (nSPS) is 12.3. The minimum Gasteiger partial charge on any atom is -0.454 e. The molecule has 0 saturated carbocycles. The van der Waals surface area contributed by atoms with E-state index in [1.165, 1.54) is 12.4 Å². The molecule has 0 spiro atoms. The van der Waals surface area contributed by atoms with Crippen LogP contribution in [0.2, 0.25) is 10.0 Å². The fourth-order valence-corrected chi connectivity index (χ4v) is 2.67. The third-order valence-corrected chi connectivity index (χ3v) is 3.66. The molecule has 2 N–H and O–H groups in total. The van der Waals surface area contributed by atoms with Crippen LogP contribution < -0.4 is 19.5 Å². The van der Waals surface area contributed by atoms with E-state index in [1.807, 2.05) is 6.07 Å². The number of halogens is 2. The summed E-state index contributed by atoms with van der Waals surface area (Å²) in [6, 6.07) is 5.39. The fraction of sp³-hybridized carbons (Fsp3) is 0.143. The summed E-state index contributed by atoms with van der Waals surface area (Å²) in [4.78, 5) is 12.2. The van der Waals surface area contributed by atoms with E-state index in [1.54, 1.807) is 12.1 Å². The molecule has 0 aliphatic carbocycles. The molecule has 114 valence electrons. The third kappa shape index (κ3) is 2.88. The van der Waals surface area contributed by atoms with Crippen LogP contribution in [0.1, 0.15) is 15.9 Å². The van der Waals surface area contributed by atoms with Crippen molar-refractivity contribution in [1.82, 2.24) is 5.32 Å². The van der Waals surface area contributed by atoms with E-state index in [2.05, 4.69) is 5.32 Å². The van der Waals surface area contributed by atoms with Crippen LogP contribution in [0.15, 0.2) is 30.6 Å². The average molecular weight is 342 g/mol. The van der Waals surface area contributed by atoms with Gasteiger partial charge in [-0.25, -0.2) is 0 Å². The highest BCUT2D eigenvalue weighted by molar-refractivity contribution is 6.39. The summed E-state index contributed by atoms with van der Waals surface area (Å²) in [6.45, 7) is 0.470. The van der Waals surface area contributed by atoms with Crippen molar-refractivity contribution in [3.8, 4) is 11.5 Å². The van der Waals surface area contributed by atoms with Crippen LogP contribution in [-0.4, -0.2) is 17.9 Å². The number of carbonyl (C=O) groups excluding carboxylic acids is 1. The van der Waals surface area contributed by atoms with Gasteiger partial charge in [0.1, 0.15) is 10.0 Å². The summed E-state index contributed by atoms with van der Waals surface area (Å²) in [5.74, 6) is 0.883. The second-order valence-electron chi connectivity index (χ2n) is 4.58. The lowest BCUT2D eigenvalue weighted by atomic mass is 10.2. The highest BCUT2D eigenvalue weighted by Crippen LogP contribution is 2.32. The maximum atomic E-state index is 12.2. The van der Waals surface area contributed by atoms with Crippen molar-refractivity contribution in [2.24, 2.45) is 0 Å². The van der Waals surface area contributed by atoms with Gasteiger partial charge in [0.05, 0.1) is 5.56 Å². The van der Waals surface area contributed by atoms with E-state index in [9.17, 15) is 10.0 Å². The zero-order chi connectivity index (χ0) is 15.7. The maximum Gasteiger partial charge on any atom is 0.255 e. The molecule has 6 nitrogen and oxygen atoms in total. The number of benzene rings is 1. The van der Waals surface area contributed by atoms with Gasteiger partial charge in [-0.15, -0.1) is 0 Å². The molecule has 1 aromatic heterocycles. The van der Waals surface area contributed by atoms with Crippen molar-refractivity contribution in [2.75, 3.05) is 6.79 Å². The van der Waals surface area contributed by atoms with Gasteiger partial charge in [-0.2, -0.15) is 0 Å². The minimum absolute atomic E-state index is 0.0539. The largest absolute Gasteiger partial charge is 0.454 e. The lowest BCUT2D eigenvalue weighted by molar-refractivity contribution is -0.904. The molecule has 0 fully saturated rings. The number of fused-ring (bicyclic) bond motifs is 1. The smallest absolute Gasteiger partial charge is 0.255 e. The van der Waals surface area contributed by atoms with Crippen LogP contribution in [0, 0.1) is 0 Å². The van der Waals surface area contributed by atoms with Crippen LogP contribution in [0.5, 0.6) is 11.5 Å². The molecule has 0 bridgehead atoms. The highest BCUT2D eigenvalue weighted by atomic mass is 35.5. The molecule has 8 heteroatoms. The number of nitrogens with one attached hydrogen (secondary N) is 1. The van der Waals surface area contributed by atoms with Crippen LogP contribution >= 0.6 is 23.2 Å². The number of amides is 1. The molecule has 3 rings (SSSR count). The standard InChI is InChI=1S/C14H10Cl2N2O4/c15-9-5-18(20)6-10(16)13(9)14(19)17-4-8-1-2-11-12(3-8)22-7-21-11/h1-3,5-6H,4,7H2,(H-,17,19,20)/p+1. The number of pyridine rings is 1. The Labute approximate surface area is 135 Å². The molecule has 22 heavy (non-hydrogen) atoms. The van der Waals surface area contributed by atoms with Gasteiger partial charge in [-0.05, 0) is 17.7 Å². The van der Waals surface area contributed by atoms with Crippen molar-refractivity contribution < 1.29 is 24.2 Å². The summed E-state index contributed by atoms with van der Waals surface area (Å²) in [5.41, 5.74) is 0.951. The quantitative estimate of drug-likeness (QED) is 0.663. The number of nitrogens with zero attached hydrogens (tertiary/aromatic N) is 1. The summed E-state index contributed by atoms with van der Waals surface area (Å²) in [7, 11) is 0. The summed E-state index contributed by atoms with van der Waals surface area (Å²) in [5, 5.41) is 12.1. The predicted molar refractivity (Wildman–Crippen MR) is 77.6 cm³/mol. The van der Waals surface area contributed by atoms with Gasteiger partial charge in [0.25, 0.3) is 5.91 Å². The minimum atomic E-state index is -0.437. The predicted octanol–water partition coefficient (Wildman–Crippen LogP) is 2.18. The SMILES string of the molecule is O=C(NCc1ccc2c(c1)OCO2)c1c(Cl)c[n+](O)cc1Cl. The second kappa shape index (κ2) is 5.90. The Kier molecular flexibility index (Phi) is 3.96. The Balaban J connectivity index is 1.73. The molecular formula is C14H11Cl2N2O4+. The molecule has 0 radical (unpaired) electrons. The number of hydrogen-bond acceptors (Lipinski definition) is 4. The molecule has 1 amide bonds. The van der Waals surface area contributed by atoms with Crippen molar-refractivity contribution in [2.45, 2.75) is 6.54 Å². The molecule has 0 saturated heterocycles. The first-order chi connectivity index (χ1) is 10.5. The number of carbonyl (C=O) groups is 1. The lowest BCUT2D eigenvalue weighted by Gasteiger charge is -2.07. The van der Waals surface area contributed by atoms with Crippen LogP contribution in [-0.2, 0) is 6.54 Å². The van der Waals surface area contributed by atoms with E-state index in [4.69, 9.17) is 32.7 Å². The van der Waals surface area contributed by atoms with E-state index in [0.717, 1.165) is 5.56 Å². The van der Waals surface area contributed by atoms with Gasteiger partial charge < -0.3 is 14.8 Å². The van der Waals surface area contributed by atoms with Gasteiger partial charge in [-0.3, -0.25) is 10.0 Å². The molecule has 0 atom stereocenters. The number of hydrogen-bond donors (Lipinski definition) is 2. The van der Waals surface area contributed by atoms with Crippen molar-refractivity contribution in [3.63, 3.8) is 0 Å². The first-order valence-corrected chi connectivity index (χ1v) is 7.06. The topological polar surface area (TPSA) is 71.7 Å². The Hall–Kier alpha value is -2.18. The van der Waals surface area contributed by atoms with E-state index in [-0.39, 0.29) is 28.9 Å². The second-order valence-corrected chi connectivity index (χ2v) is 5.39. The zero-order valence-corrected chi connectivity index (χ0v) is 12.7. The molecule has 2 aromatic rings. The monoisotopic (exact) mass is 341 g/mol. The first kappa shape index (κ1) is 14.7. The van der Waals surface area contributed by atoms with Crippen LogP contribution in [0.4, 0.5) is 0 Å². The summed E-state index contributed by atoms with van der Waals surface area (Å²) >= 11 is 11.9. The molecule has 1 aliphatic rings. The van der Waals surface area contributed by atoms with Crippen LogP contribution in [0.25, 0.3) is 0 Å². The molecular weight excluding hydrogens is 331 g/mol. The van der Waals surface area contributed by atoms with Gasteiger partial charge in [0.15, 0.2) is 11.5 Å². The van der Waals surface area contributed by atoms with Crippen molar-refractivity contribution in [3.05, 3.63) is 51.8 Å². The zero-order valence-electron chi connectivity index (χ0n) is 11.2. The lowest BCUT2D eigenvalue weighted by Crippen LogP contribution is -2.31.